The molecule has 0 unspecified atom stereocenters. The number of imide groups is 1. The van der Waals surface area contributed by atoms with E-state index in [-0.39, 0.29) is 17.6 Å². The number of rotatable bonds is 4. The average molecular weight is 498 g/mol. The van der Waals surface area contributed by atoms with Crippen LogP contribution in [0.3, 0.4) is 0 Å². The molecule has 38 heavy (non-hydrogen) atoms. The average Bonchev–Trinajstić information content (AvgIpc) is 3.46. The van der Waals surface area contributed by atoms with E-state index in [4.69, 9.17) is 0 Å². The first kappa shape index (κ1) is 22.4. The Morgan fingerprint density at radius 1 is 0.658 bits per heavy atom. The maximum absolute atomic E-state index is 14.1. The van der Waals surface area contributed by atoms with E-state index < -0.39 is 23.9 Å². The summed E-state index contributed by atoms with van der Waals surface area (Å²) in [5.41, 5.74) is 4.86. The molecule has 6 nitrogen and oxygen atoms in total. The predicted molar refractivity (Wildman–Crippen MR) is 145 cm³/mol. The fourth-order valence-corrected chi connectivity index (χ4v) is 6.13. The quantitative estimate of drug-likeness (QED) is 0.290. The van der Waals surface area contributed by atoms with E-state index in [1.807, 2.05) is 72.8 Å². The molecule has 4 atom stereocenters. The SMILES string of the molecule is O=C(c1ccc(-c2ccccc2)cc1)[C@@H]1[C@@H]2C(=O)N(c3ccccc3)C(=O)[C@@H]2[C@H]2c3ccccc3C=NN12. The molecule has 7 rings (SSSR count). The van der Waals surface area contributed by atoms with Crippen LogP contribution >= 0.6 is 0 Å². The zero-order valence-electron chi connectivity index (χ0n) is 20.3. The van der Waals surface area contributed by atoms with Gasteiger partial charge in [-0.05, 0) is 34.4 Å². The number of carbonyl (C=O) groups excluding carboxylic acids is 3. The lowest BCUT2D eigenvalue weighted by Gasteiger charge is -2.33. The number of hydrazone groups is 1. The summed E-state index contributed by atoms with van der Waals surface area (Å²) in [5, 5.41) is 6.34. The third-order valence-electron chi connectivity index (χ3n) is 7.85. The molecule has 6 heteroatoms. The molecule has 0 saturated carbocycles. The van der Waals surface area contributed by atoms with Gasteiger partial charge in [0.05, 0.1) is 29.8 Å². The zero-order valence-corrected chi connectivity index (χ0v) is 20.3. The molecule has 3 aliphatic rings. The smallest absolute Gasteiger partial charge is 0.240 e. The third-order valence-corrected chi connectivity index (χ3v) is 7.85. The number of nitrogens with zero attached hydrogens (tertiary/aromatic N) is 3. The summed E-state index contributed by atoms with van der Waals surface area (Å²) < 4.78 is 0. The number of ketones is 1. The standard InChI is InChI=1S/C32H23N3O3/c36-30(22-17-15-21(16-18-22)20-9-3-1-4-10-20)29-27-26(28-25-14-8-7-11-23(25)19-33-35(28)29)31(37)34(32(27)38)24-12-5-2-6-13-24/h1-19,26-29H/t26-,27+,28+,29-/m0/s1. The van der Waals surface area contributed by atoms with Gasteiger partial charge in [0, 0.05) is 5.56 Å². The largest absolute Gasteiger partial charge is 0.292 e. The number of fused-ring (bicyclic) bond motifs is 5. The van der Waals surface area contributed by atoms with E-state index >= 15 is 0 Å². The molecule has 0 radical (unpaired) electrons. The molecular formula is C32H23N3O3. The highest BCUT2D eigenvalue weighted by atomic mass is 16.2. The Hall–Kier alpha value is -4.84. The Labute approximate surface area is 219 Å². The van der Waals surface area contributed by atoms with Crippen LogP contribution in [0.1, 0.15) is 27.5 Å². The highest BCUT2D eigenvalue weighted by Crippen LogP contribution is 2.53. The summed E-state index contributed by atoms with van der Waals surface area (Å²) in [6.45, 7) is 0. The lowest BCUT2D eigenvalue weighted by atomic mass is 9.83. The van der Waals surface area contributed by atoms with Gasteiger partial charge in [-0.2, -0.15) is 5.10 Å². The zero-order chi connectivity index (χ0) is 25.8. The minimum absolute atomic E-state index is 0.213. The van der Waals surface area contributed by atoms with Gasteiger partial charge >= 0.3 is 0 Å². The van der Waals surface area contributed by atoms with Crippen LogP contribution in [-0.2, 0) is 9.59 Å². The van der Waals surface area contributed by atoms with Crippen molar-refractivity contribution < 1.29 is 14.4 Å². The fourth-order valence-electron chi connectivity index (χ4n) is 6.13. The maximum Gasteiger partial charge on any atom is 0.240 e. The minimum Gasteiger partial charge on any atom is -0.292 e. The topological polar surface area (TPSA) is 70.0 Å². The summed E-state index contributed by atoms with van der Waals surface area (Å²) in [4.78, 5) is 43.2. The van der Waals surface area contributed by atoms with Gasteiger partial charge in [0.1, 0.15) is 6.04 Å². The second-order valence-corrected chi connectivity index (χ2v) is 9.85. The number of benzene rings is 4. The molecule has 2 amide bonds. The lowest BCUT2D eigenvalue weighted by molar-refractivity contribution is -0.124. The number of para-hydroxylation sites is 1. The van der Waals surface area contributed by atoms with Crippen molar-refractivity contribution in [3.63, 3.8) is 0 Å². The van der Waals surface area contributed by atoms with Gasteiger partial charge in [-0.15, -0.1) is 0 Å². The molecule has 4 aromatic rings. The number of amides is 2. The van der Waals surface area contributed by atoms with E-state index in [1.165, 1.54) is 4.90 Å². The van der Waals surface area contributed by atoms with E-state index in [2.05, 4.69) is 5.10 Å². The highest BCUT2D eigenvalue weighted by Gasteiger charge is 2.65. The fraction of sp³-hybridized carbons (Fsp3) is 0.125. The Morgan fingerprint density at radius 3 is 2.00 bits per heavy atom. The van der Waals surface area contributed by atoms with Gasteiger partial charge in [0.2, 0.25) is 11.8 Å². The van der Waals surface area contributed by atoms with Crippen LogP contribution in [0, 0.1) is 11.8 Å². The van der Waals surface area contributed by atoms with Crippen LogP contribution < -0.4 is 4.90 Å². The first-order valence-electron chi connectivity index (χ1n) is 12.7. The lowest BCUT2D eigenvalue weighted by Crippen LogP contribution is -2.44. The van der Waals surface area contributed by atoms with E-state index in [1.54, 1.807) is 47.6 Å². The molecule has 0 spiro atoms. The van der Waals surface area contributed by atoms with Gasteiger partial charge < -0.3 is 0 Å². The molecule has 0 aromatic heterocycles. The van der Waals surface area contributed by atoms with Crippen molar-refractivity contribution in [1.29, 1.82) is 0 Å². The molecular weight excluding hydrogens is 474 g/mol. The second-order valence-electron chi connectivity index (χ2n) is 9.85. The summed E-state index contributed by atoms with van der Waals surface area (Å²) in [6, 6.07) is 32.7. The number of anilines is 1. The number of hydrogen-bond donors (Lipinski definition) is 0. The second kappa shape index (κ2) is 8.63. The van der Waals surface area contributed by atoms with Gasteiger partial charge in [-0.25, -0.2) is 4.90 Å². The van der Waals surface area contributed by atoms with Crippen LogP contribution in [0.15, 0.2) is 114 Å². The molecule has 3 aliphatic heterocycles. The summed E-state index contributed by atoms with van der Waals surface area (Å²) in [6.07, 6.45) is 1.72. The van der Waals surface area contributed by atoms with Gasteiger partial charge in [-0.1, -0.05) is 97.1 Å². The summed E-state index contributed by atoms with van der Waals surface area (Å²) in [7, 11) is 0. The van der Waals surface area contributed by atoms with Crippen molar-refractivity contribution in [2.75, 3.05) is 4.90 Å². The molecule has 0 aliphatic carbocycles. The van der Waals surface area contributed by atoms with Crippen LogP contribution in [-0.4, -0.2) is 34.9 Å². The van der Waals surface area contributed by atoms with Crippen LogP contribution in [0.2, 0.25) is 0 Å². The van der Waals surface area contributed by atoms with Crippen LogP contribution in [0.25, 0.3) is 11.1 Å². The van der Waals surface area contributed by atoms with Crippen LogP contribution in [0.4, 0.5) is 5.69 Å². The van der Waals surface area contributed by atoms with Gasteiger partial charge in [-0.3, -0.25) is 19.4 Å². The molecule has 3 heterocycles. The van der Waals surface area contributed by atoms with Crippen molar-refractivity contribution >= 4 is 29.5 Å². The van der Waals surface area contributed by atoms with Crippen molar-refractivity contribution in [3.05, 3.63) is 126 Å². The molecule has 2 saturated heterocycles. The number of Topliss-reactive ketones (excluding diaryl/α,β-unsaturated/α-hetero) is 1. The van der Waals surface area contributed by atoms with Crippen LogP contribution in [0.5, 0.6) is 0 Å². The number of carbonyl (C=O) groups is 3. The van der Waals surface area contributed by atoms with Crippen molar-refractivity contribution in [1.82, 2.24) is 5.01 Å². The monoisotopic (exact) mass is 497 g/mol. The van der Waals surface area contributed by atoms with Gasteiger partial charge in [0.25, 0.3) is 0 Å². The Morgan fingerprint density at radius 2 is 1.26 bits per heavy atom. The Kier molecular flexibility index (Phi) is 5.08. The highest BCUT2D eigenvalue weighted by molar-refractivity contribution is 6.24. The van der Waals surface area contributed by atoms with Crippen molar-refractivity contribution in [2.45, 2.75) is 12.1 Å². The normalized spacial score (nSPS) is 23.3. The van der Waals surface area contributed by atoms with E-state index in [0.29, 0.717) is 11.3 Å². The first-order valence-corrected chi connectivity index (χ1v) is 12.7. The minimum atomic E-state index is -0.887. The predicted octanol–water partition coefficient (Wildman–Crippen LogP) is 5.12. The third kappa shape index (κ3) is 3.27. The van der Waals surface area contributed by atoms with E-state index in [0.717, 1.165) is 22.3 Å². The Balaban J connectivity index is 1.31. The van der Waals surface area contributed by atoms with Crippen molar-refractivity contribution in [3.8, 4) is 11.1 Å². The first-order chi connectivity index (χ1) is 18.6. The maximum atomic E-state index is 14.1. The molecule has 2 fully saturated rings. The molecule has 0 bridgehead atoms. The summed E-state index contributed by atoms with van der Waals surface area (Å²) >= 11 is 0. The molecule has 0 N–H and O–H groups in total. The van der Waals surface area contributed by atoms with Crippen molar-refractivity contribution in [2.24, 2.45) is 16.9 Å². The molecule has 4 aromatic carbocycles. The molecule has 184 valence electrons. The van der Waals surface area contributed by atoms with Gasteiger partial charge in [0.15, 0.2) is 5.78 Å². The Bertz CT molecular complexity index is 1600. The number of hydrogen-bond acceptors (Lipinski definition) is 5. The summed E-state index contributed by atoms with van der Waals surface area (Å²) in [5.74, 6) is -2.40. The van der Waals surface area contributed by atoms with E-state index in [9.17, 15) is 14.4 Å².